The van der Waals surface area contributed by atoms with Crippen LogP contribution in [0.1, 0.15) is 45.0 Å². The van der Waals surface area contributed by atoms with Crippen LogP contribution in [0.15, 0.2) is 36.6 Å². The minimum absolute atomic E-state index is 0.159. The molecule has 2 aliphatic rings. The quantitative estimate of drug-likeness (QED) is 0.230. The van der Waals surface area contributed by atoms with E-state index in [2.05, 4.69) is 0 Å². The zero-order chi connectivity index (χ0) is 34.0. The summed E-state index contributed by atoms with van der Waals surface area (Å²) in [6.07, 6.45) is -8.39. The van der Waals surface area contributed by atoms with Crippen LogP contribution in [-0.2, 0) is 66.6 Å². The first-order chi connectivity index (χ1) is 21.8. The van der Waals surface area contributed by atoms with Crippen molar-refractivity contribution in [1.29, 1.82) is 0 Å². The molecule has 2 heterocycles. The lowest BCUT2D eigenvalue weighted by Crippen LogP contribution is -2.64. The monoisotopic (exact) mass is 652 g/mol. The molecule has 46 heavy (non-hydrogen) atoms. The Morgan fingerprint density at radius 1 is 0.652 bits per heavy atom. The number of methoxy groups -OCH3 is 1. The number of esters is 6. The summed E-state index contributed by atoms with van der Waals surface area (Å²) in [5, 5.41) is 0. The Bertz CT molecular complexity index is 1290. The molecule has 0 aliphatic carbocycles. The Labute approximate surface area is 264 Å². The number of rotatable bonds is 12. The van der Waals surface area contributed by atoms with Gasteiger partial charge in [0.25, 0.3) is 0 Å². The predicted octanol–water partition coefficient (Wildman–Crippen LogP) is 1.16. The van der Waals surface area contributed by atoms with Crippen LogP contribution in [0.4, 0.5) is 0 Å². The van der Waals surface area contributed by atoms with Crippen LogP contribution in [0.3, 0.4) is 0 Å². The zero-order valence-electron chi connectivity index (χ0n) is 26.0. The smallest absolute Gasteiger partial charge is 0.338 e. The van der Waals surface area contributed by atoms with Crippen molar-refractivity contribution < 1.29 is 76.1 Å². The number of ether oxygens (including phenoxy) is 10. The fraction of sp³-hybridized carbons (Fsp3) is 0.533. The molecule has 16 nitrogen and oxygen atoms in total. The van der Waals surface area contributed by atoms with Crippen molar-refractivity contribution in [2.45, 2.75) is 83.6 Å². The van der Waals surface area contributed by atoms with Crippen molar-refractivity contribution in [3.05, 3.63) is 42.2 Å². The maximum absolute atomic E-state index is 12.9. The molecule has 0 saturated carbocycles. The van der Waals surface area contributed by atoms with Gasteiger partial charge >= 0.3 is 35.8 Å². The lowest BCUT2D eigenvalue weighted by Gasteiger charge is -2.46. The highest BCUT2D eigenvalue weighted by Crippen LogP contribution is 2.33. The van der Waals surface area contributed by atoms with Crippen LogP contribution < -0.4 is 4.74 Å². The standard InChI is InChI=1S/C30H36O16/c1-15(31)39-13-23-25(22(11-12-38-23)41-16(2)32)46-30-28(44-19(5)35)27(43-18(4)34)26(42-17(3)33)24(45-30)14-40-29(36)20-7-9-21(37-6)10-8-20/h7-12,22-28,30H,13-14H2,1-6H3/t22-,23-,24-,25+,26+,27+,28-,30+/m1/s1. The van der Waals surface area contributed by atoms with E-state index in [-0.39, 0.29) is 12.2 Å². The van der Waals surface area contributed by atoms with Crippen LogP contribution in [0.25, 0.3) is 0 Å². The van der Waals surface area contributed by atoms with Gasteiger partial charge in [0.05, 0.1) is 18.9 Å². The molecule has 0 amide bonds. The molecule has 0 spiro atoms. The Morgan fingerprint density at radius 2 is 1.22 bits per heavy atom. The molecule has 1 fully saturated rings. The van der Waals surface area contributed by atoms with Gasteiger partial charge in [-0.25, -0.2) is 4.79 Å². The zero-order valence-corrected chi connectivity index (χ0v) is 26.0. The molecule has 3 rings (SSSR count). The molecule has 252 valence electrons. The van der Waals surface area contributed by atoms with Crippen molar-refractivity contribution in [2.75, 3.05) is 20.3 Å². The van der Waals surface area contributed by atoms with Gasteiger partial charge in [0, 0.05) is 34.6 Å². The first kappa shape index (κ1) is 35.8. The third kappa shape index (κ3) is 10.2. The van der Waals surface area contributed by atoms with E-state index >= 15 is 0 Å². The second kappa shape index (κ2) is 16.6. The summed E-state index contributed by atoms with van der Waals surface area (Å²) < 4.78 is 55.2. The van der Waals surface area contributed by atoms with Gasteiger partial charge in [-0.2, -0.15) is 0 Å². The molecule has 0 N–H and O–H groups in total. The molecule has 0 aromatic heterocycles. The molecule has 1 aromatic rings. The Hall–Kier alpha value is -4.70. The van der Waals surface area contributed by atoms with Gasteiger partial charge in [0.15, 0.2) is 36.8 Å². The molecule has 1 saturated heterocycles. The van der Waals surface area contributed by atoms with Crippen molar-refractivity contribution in [3.8, 4) is 5.75 Å². The number of hydrogen-bond acceptors (Lipinski definition) is 16. The van der Waals surface area contributed by atoms with Gasteiger partial charge in [-0.15, -0.1) is 0 Å². The number of benzene rings is 1. The van der Waals surface area contributed by atoms with Crippen LogP contribution in [0.5, 0.6) is 5.75 Å². The van der Waals surface area contributed by atoms with Gasteiger partial charge in [-0.05, 0) is 30.3 Å². The summed E-state index contributed by atoms with van der Waals surface area (Å²) >= 11 is 0. The molecule has 8 atom stereocenters. The fourth-order valence-corrected chi connectivity index (χ4v) is 4.64. The first-order valence-corrected chi connectivity index (χ1v) is 14.1. The molecule has 0 unspecified atom stereocenters. The topological polar surface area (TPSA) is 195 Å². The van der Waals surface area contributed by atoms with Crippen LogP contribution in [-0.4, -0.2) is 105 Å². The van der Waals surface area contributed by atoms with Gasteiger partial charge in [-0.1, -0.05) is 0 Å². The van der Waals surface area contributed by atoms with Crippen LogP contribution in [0, 0.1) is 0 Å². The largest absolute Gasteiger partial charge is 0.497 e. The van der Waals surface area contributed by atoms with E-state index in [0.29, 0.717) is 5.75 Å². The average molecular weight is 653 g/mol. The molecule has 0 bridgehead atoms. The fourth-order valence-electron chi connectivity index (χ4n) is 4.64. The normalized spacial score (nSPS) is 26.8. The summed E-state index contributed by atoms with van der Waals surface area (Å²) in [6.45, 7) is 4.67. The predicted molar refractivity (Wildman–Crippen MR) is 150 cm³/mol. The summed E-state index contributed by atoms with van der Waals surface area (Å²) in [7, 11) is 1.47. The molecule has 2 aliphatic heterocycles. The first-order valence-electron chi connectivity index (χ1n) is 14.1. The van der Waals surface area contributed by atoms with E-state index < -0.39 is 91.4 Å². The van der Waals surface area contributed by atoms with Crippen molar-refractivity contribution in [2.24, 2.45) is 0 Å². The second-order valence-corrected chi connectivity index (χ2v) is 10.1. The third-order valence-electron chi connectivity index (χ3n) is 6.46. The van der Waals surface area contributed by atoms with Gasteiger partial charge in [0.1, 0.15) is 31.2 Å². The second-order valence-electron chi connectivity index (χ2n) is 10.1. The summed E-state index contributed by atoms with van der Waals surface area (Å²) in [5.74, 6) is -4.11. The van der Waals surface area contributed by atoms with Crippen molar-refractivity contribution in [3.63, 3.8) is 0 Å². The van der Waals surface area contributed by atoms with E-state index in [1.807, 2.05) is 0 Å². The molecular weight excluding hydrogens is 616 g/mol. The maximum atomic E-state index is 12.9. The van der Waals surface area contributed by atoms with Crippen LogP contribution in [0.2, 0.25) is 0 Å². The summed E-state index contributed by atoms with van der Waals surface area (Å²) in [5.41, 5.74) is 0.159. The average Bonchev–Trinajstić information content (AvgIpc) is 2.98. The van der Waals surface area contributed by atoms with Gasteiger partial charge < -0.3 is 47.4 Å². The van der Waals surface area contributed by atoms with Gasteiger partial charge in [0.2, 0.25) is 0 Å². The Kier molecular flexibility index (Phi) is 12.9. The highest BCUT2D eigenvalue weighted by molar-refractivity contribution is 5.89. The van der Waals surface area contributed by atoms with E-state index in [1.165, 1.54) is 38.5 Å². The molecule has 1 aromatic carbocycles. The summed E-state index contributed by atoms with van der Waals surface area (Å²) in [6, 6.07) is 6.02. The highest BCUT2D eigenvalue weighted by Gasteiger charge is 2.54. The van der Waals surface area contributed by atoms with E-state index in [9.17, 15) is 28.8 Å². The summed E-state index contributed by atoms with van der Waals surface area (Å²) in [4.78, 5) is 73.0. The lowest BCUT2D eigenvalue weighted by atomic mass is 9.97. The SMILES string of the molecule is COc1ccc(C(=O)OC[C@H]2O[C@@H](O[C@H]3[C@H](OC(C)=O)C=CO[C@@H]3COC(C)=O)[C@H](OC(C)=O)[C@@H](OC(C)=O)[C@H]2OC(C)=O)cc1. The Morgan fingerprint density at radius 3 is 1.78 bits per heavy atom. The van der Waals surface area contributed by atoms with Crippen molar-refractivity contribution in [1.82, 2.24) is 0 Å². The highest BCUT2D eigenvalue weighted by atomic mass is 16.7. The van der Waals surface area contributed by atoms with Crippen molar-refractivity contribution >= 4 is 35.8 Å². The van der Waals surface area contributed by atoms with Gasteiger partial charge in [-0.3, -0.25) is 24.0 Å². The minimum atomic E-state index is -1.64. The number of hydrogen-bond donors (Lipinski definition) is 0. The molecule has 0 radical (unpaired) electrons. The van der Waals surface area contributed by atoms with E-state index in [0.717, 1.165) is 27.7 Å². The minimum Gasteiger partial charge on any atom is -0.497 e. The third-order valence-corrected chi connectivity index (χ3v) is 6.46. The van der Waals surface area contributed by atoms with Crippen LogP contribution >= 0.6 is 0 Å². The lowest BCUT2D eigenvalue weighted by molar-refractivity contribution is -0.328. The maximum Gasteiger partial charge on any atom is 0.338 e. The molecular formula is C30H36O16. The Balaban J connectivity index is 1.99. The number of carbonyl (C=O) groups excluding carboxylic acids is 6. The van der Waals surface area contributed by atoms with E-state index in [1.54, 1.807) is 12.1 Å². The van der Waals surface area contributed by atoms with E-state index in [4.69, 9.17) is 47.4 Å². The number of carbonyl (C=O) groups is 6. The molecule has 16 heteroatoms.